The number of piperidine rings is 1. The van der Waals surface area contributed by atoms with E-state index in [0.29, 0.717) is 28.7 Å². The first-order chi connectivity index (χ1) is 8.09. The number of nitrogens with zero attached hydrogens (tertiary/aromatic N) is 1. The van der Waals surface area contributed by atoms with Crippen molar-refractivity contribution in [3.05, 3.63) is 33.8 Å². The van der Waals surface area contributed by atoms with Crippen LogP contribution in [0.2, 0.25) is 10.0 Å². The molecule has 5 heteroatoms. The lowest BCUT2D eigenvalue weighted by Gasteiger charge is -2.29. The molecule has 0 saturated carbocycles. The summed E-state index contributed by atoms with van der Waals surface area (Å²) >= 11 is 18.0. The number of hydrogen-bond acceptors (Lipinski definition) is 1. The number of alkyl halides is 1. The Morgan fingerprint density at radius 3 is 2.24 bits per heavy atom. The first-order valence-electron chi connectivity index (χ1n) is 5.47. The Kier molecular flexibility index (Phi) is 4.18. The maximum atomic E-state index is 12.3. The maximum absolute atomic E-state index is 12.3. The van der Waals surface area contributed by atoms with E-state index in [1.54, 1.807) is 23.1 Å². The standard InChI is InChI=1S/C12H12Cl3NO/c13-8-4-6-16(7-5-8)12(17)11-9(14)2-1-3-10(11)15/h1-3,8H,4-7H2. The summed E-state index contributed by atoms with van der Waals surface area (Å²) in [4.78, 5) is 14.0. The molecule has 1 fully saturated rings. The minimum absolute atomic E-state index is 0.107. The molecule has 92 valence electrons. The van der Waals surface area contributed by atoms with Gasteiger partial charge in [-0.3, -0.25) is 4.79 Å². The van der Waals surface area contributed by atoms with Crippen molar-refractivity contribution in [2.24, 2.45) is 0 Å². The summed E-state index contributed by atoms with van der Waals surface area (Å²) in [6.07, 6.45) is 1.63. The van der Waals surface area contributed by atoms with Crippen LogP contribution in [0.4, 0.5) is 0 Å². The number of halogens is 3. The van der Waals surface area contributed by atoms with Crippen LogP contribution in [0.5, 0.6) is 0 Å². The molecule has 0 atom stereocenters. The van der Waals surface area contributed by atoms with Gasteiger partial charge in [-0.1, -0.05) is 29.3 Å². The van der Waals surface area contributed by atoms with Crippen LogP contribution in [0.15, 0.2) is 18.2 Å². The van der Waals surface area contributed by atoms with E-state index in [0.717, 1.165) is 12.8 Å². The molecular formula is C12H12Cl3NO. The van der Waals surface area contributed by atoms with E-state index >= 15 is 0 Å². The summed E-state index contributed by atoms with van der Waals surface area (Å²) in [6, 6.07) is 5.08. The molecule has 2 rings (SSSR count). The SMILES string of the molecule is O=C(c1c(Cl)cccc1Cl)N1CCC(Cl)CC1. The lowest BCUT2D eigenvalue weighted by atomic mass is 10.1. The van der Waals surface area contributed by atoms with Gasteiger partial charge in [0.15, 0.2) is 0 Å². The smallest absolute Gasteiger partial charge is 0.256 e. The van der Waals surface area contributed by atoms with Crippen LogP contribution in [0, 0.1) is 0 Å². The molecule has 0 spiro atoms. The lowest BCUT2D eigenvalue weighted by molar-refractivity contribution is 0.0727. The van der Waals surface area contributed by atoms with E-state index in [9.17, 15) is 4.79 Å². The molecular weight excluding hydrogens is 280 g/mol. The summed E-state index contributed by atoms with van der Waals surface area (Å²) < 4.78 is 0. The average Bonchev–Trinajstić information content (AvgIpc) is 2.29. The number of amides is 1. The van der Waals surface area contributed by atoms with Crippen LogP contribution in [-0.4, -0.2) is 29.3 Å². The van der Waals surface area contributed by atoms with Crippen LogP contribution in [-0.2, 0) is 0 Å². The first kappa shape index (κ1) is 13.0. The van der Waals surface area contributed by atoms with Crippen LogP contribution in [0.25, 0.3) is 0 Å². The molecule has 1 saturated heterocycles. The molecule has 1 aromatic carbocycles. The van der Waals surface area contributed by atoms with Gasteiger partial charge in [0.2, 0.25) is 0 Å². The van der Waals surface area contributed by atoms with Crippen molar-refractivity contribution in [1.29, 1.82) is 0 Å². The Morgan fingerprint density at radius 1 is 1.18 bits per heavy atom. The minimum atomic E-state index is -0.107. The largest absolute Gasteiger partial charge is 0.338 e. The first-order valence-corrected chi connectivity index (χ1v) is 6.66. The Balaban J connectivity index is 2.20. The quantitative estimate of drug-likeness (QED) is 0.720. The summed E-state index contributed by atoms with van der Waals surface area (Å²) in [5.41, 5.74) is 0.392. The molecule has 0 aromatic heterocycles. The van der Waals surface area contributed by atoms with Crippen LogP contribution < -0.4 is 0 Å². The number of likely N-dealkylation sites (tertiary alicyclic amines) is 1. The fourth-order valence-corrected chi connectivity index (χ4v) is 2.67. The topological polar surface area (TPSA) is 20.3 Å². The average molecular weight is 293 g/mol. The van der Waals surface area contributed by atoms with Crippen molar-refractivity contribution in [3.63, 3.8) is 0 Å². The van der Waals surface area contributed by atoms with E-state index in [1.165, 1.54) is 0 Å². The summed E-state index contributed by atoms with van der Waals surface area (Å²) in [5, 5.41) is 0.965. The Bertz CT molecular complexity index is 408. The molecule has 2 nitrogen and oxygen atoms in total. The third kappa shape index (κ3) is 2.87. The number of hydrogen-bond donors (Lipinski definition) is 0. The zero-order valence-corrected chi connectivity index (χ0v) is 11.4. The Hall–Kier alpha value is -0.440. The Morgan fingerprint density at radius 2 is 1.71 bits per heavy atom. The van der Waals surface area contributed by atoms with Gasteiger partial charge in [-0.2, -0.15) is 0 Å². The highest BCUT2D eigenvalue weighted by Crippen LogP contribution is 2.27. The maximum Gasteiger partial charge on any atom is 0.256 e. The van der Waals surface area contributed by atoms with Crippen molar-refractivity contribution >= 4 is 40.7 Å². The zero-order valence-electron chi connectivity index (χ0n) is 9.13. The van der Waals surface area contributed by atoms with Crippen molar-refractivity contribution in [1.82, 2.24) is 4.90 Å². The molecule has 1 aliphatic rings. The summed E-state index contributed by atoms with van der Waals surface area (Å²) in [5.74, 6) is -0.107. The fraction of sp³-hybridized carbons (Fsp3) is 0.417. The zero-order chi connectivity index (χ0) is 12.4. The van der Waals surface area contributed by atoms with Crippen LogP contribution >= 0.6 is 34.8 Å². The monoisotopic (exact) mass is 291 g/mol. The third-order valence-corrected chi connectivity index (χ3v) is 3.95. The predicted molar refractivity (Wildman–Crippen MR) is 71.2 cm³/mol. The van der Waals surface area contributed by atoms with Gasteiger partial charge >= 0.3 is 0 Å². The third-order valence-electron chi connectivity index (χ3n) is 2.89. The predicted octanol–water partition coefficient (Wildman–Crippen LogP) is 3.84. The van der Waals surface area contributed by atoms with Crippen LogP contribution in [0.1, 0.15) is 23.2 Å². The number of carbonyl (C=O) groups excluding carboxylic acids is 1. The number of benzene rings is 1. The summed E-state index contributed by atoms with van der Waals surface area (Å²) in [6.45, 7) is 1.32. The van der Waals surface area contributed by atoms with E-state index in [1.807, 2.05) is 0 Å². The molecule has 17 heavy (non-hydrogen) atoms. The lowest BCUT2D eigenvalue weighted by Crippen LogP contribution is -2.39. The van der Waals surface area contributed by atoms with Gasteiger partial charge in [0.1, 0.15) is 0 Å². The molecule has 0 aliphatic carbocycles. The highest BCUT2D eigenvalue weighted by atomic mass is 35.5. The van der Waals surface area contributed by atoms with Crippen LogP contribution in [0.3, 0.4) is 0 Å². The number of carbonyl (C=O) groups is 1. The van der Waals surface area contributed by atoms with E-state index < -0.39 is 0 Å². The summed E-state index contributed by atoms with van der Waals surface area (Å²) in [7, 11) is 0. The second-order valence-corrected chi connectivity index (χ2v) is 5.50. The van der Waals surface area contributed by atoms with Gasteiger partial charge in [-0.05, 0) is 25.0 Å². The molecule has 0 bridgehead atoms. The van der Waals surface area contributed by atoms with Crippen molar-refractivity contribution in [2.75, 3.05) is 13.1 Å². The van der Waals surface area contributed by atoms with Gasteiger partial charge in [0, 0.05) is 18.5 Å². The van der Waals surface area contributed by atoms with Gasteiger partial charge in [-0.15, -0.1) is 11.6 Å². The molecule has 1 amide bonds. The highest BCUT2D eigenvalue weighted by molar-refractivity contribution is 6.39. The van der Waals surface area contributed by atoms with E-state index in [2.05, 4.69) is 0 Å². The van der Waals surface area contributed by atoms with Gasteiger partial charge in [0.05, 0.1) is 15.6 Å². The van der Waals surface area contributed by atoms with Crippen molar-refractivity contribution in [3.8, 4) is 0 Å². The molecule has 1 aliphatic heterocycles. The second-order valence-electron chi connectivity index (χ2n) is 4.06. The molecule has 0 N–H and O–H groups in total. The highest BCUT2D eigenvalue weighted by Gasteiger charge is 2.25. The van der Waals surface area contributed by atoms with E-state index in [4.69, 9.17) is 34.8 Å². The number of rotatable bonds is 1. The molecule has 1 heterocycles. The van der Waals surface area contributed by atoms with Crippen molar-refractivity contribution in [2.45, 2.75) is 18.2 Å². The molecule has 0 radical (unpaired) electrons. The van der Waals surface area contributed by atoms with Gasteiger partial charge in [-0.25, -0.2) is 0 Å². The Labute approximate surface area is 115 Å². The van der Waals surface area contributed by atoms with E-state index in [-0.39, 0.29) is 11.3 Å². The van der Waals surface area contributed by atoms with Crippen molar-refractivity contribution < 1.29 is 4.79 Å². The molecule has 0 unspecified atom stereocenters. The minimum Gasteiger partial charge on any atom is -0.338 e. The van der Waals surface area contributed by atoms with Gasteiger partial charge < -0.3 is 4.90 Å². The second kappa shape index (κ2) is 5.47. The normalized spacial score (nSPS) is 17.2. The fourth-order valence-electron chi connectivity index (χ4n) is 1.91. The molecule has 1 aromatic rings. The van der Waals surface area contributed by atoms with Gasteiger partial charge in [0.25, 0.3) is 5.91 Å².